The summed E-state index contributed by atoms with van der Waals surface area (Å²) in [6, 6.07) is 3.07. The number of nitrogens with zero attached hydrogens (tertiary/aromatic N) is 2. The number of rotatable bonds is 4. The Morgan fingerprint density at radius 1 is 1.47 bits per heavy atom. The third-order valence-corrected chi connectivity index (χ3v) is 4.02. The lowest BCUT2D eigenvalue weighted by molar-refractivity contribution is -0.384. The van der Waals surface area contributed by atoms with Gasteiger partial charge in [0.15, 0.2) is 0 Å². The fraction of sp³-hybridized carbons (Fsp3) is 0.500. The first kappa shape index (κ1) is 14.4. The average molecular weight is 304 g/mol. The van der Waals surface area contributed by atoms with Crippen molar-refractivity contribution < 1.29 is 4.92 Å². The summed E-state index contributed by atoms with van der Waals surface area (Å²) >= 11 is 12.1. The van der Waals surface area contributed by atoms with Crippen LogP contribution in [0, 0.1) is 10.1 Å². The zero-order chi connectivity index (χ0) is 14.0. The van der Waals surface area contributed by atoms with E-state index in [9.17, 15) is 10.1 Å². The van der Waals surface area contributed by atoms with Crippen molar-refractivity contribution in [1.82, 2.24) is 4.90 Å². The summed E-state index contributed by atoms with van der Waals surface area (Å²) in [6.45, 7) is 1.82. The first-order valence-electron chi connectivity index (χ1n) is 6.06. The molecule has 0 saturated carbocycles. The van der Waals surface area contributed by atoms with Crippen molar-refractivity contribution in [3.05, 3.63) is 32.3 Å². The second-order valence-corrected chi connectivity index (χ2v) is 5.51. The lowest BCUT2D eigenvalue weighted by atomic mass is 10.2. The van der Waals surface area contributed by atoms with Gasteiger partial charge in [-0.1, -0.05) is 23.2 Å². The van der Waals surface area contributed by atoms with Crippen molar-refractivity contribution in [2.75, 3.05) is 25.5 Å². The van der Waals surface area contributed by atoms with E-state index in [0.717, 1.165) is 19.5 Å². The predicted molar refractivity (Wildman–Crippen MR) is 77.3 cm³/mol. The normalized spacial score (nSPS) is 19.6. The van der Waals surface area contributed by atoms with E-state index in [1.165, 1.54) is 18.6 Å². The largest absolute Gasteiger partial charge is 0.381 e. The fourth-order valence-corrected chi connectivity index (χ4v) is 2.90. The van der Waals surface area contributed by atoms with Gasteiger partial charge in [0.25, 0.3) is 5.69 Å². The van der Waals surface area contributed by atoms with Crippen LogP contribution in [0.15, 0.2) is 12.1 Å². The van der Waals surface area contributed by atoms with Gasteiger partial charge in [0, 0.05) is 24.7 Å². The molecule has 1 aromatic rings. The van der Waals surface area contributed by atoms with Gasteiger partial charge in [-0.25, -0.2) is 0 Å². The average Bonchev–Trinajstić information content (AvgIpc) is 2.73. The highest BCUT2D eigenvalue weighted by atomic mass is 35.5. The first-order valence-corrected chi connectivity index (χ1v) is 6.82. The maximum absolute atomic E-state index is 10.7. The van der Waals surface area contributed by atoms with Crippen LogP contribution in [0.3, 0.4) is 0 Å². The Balaban J connectivity index is 2.10. The minimum atomic E-state index is -0.508. The molecule has 1 saturated heterocycles. The topological polar surface area (TPSA) is 58.4 Å². The van der Waals surface area contributed by atoms with Gasteiger partial charge in [-0.15, -0.1) is 0 Å². The van der Waals surface area contributed by atoms with Gasteiger partial charge in [0.05, 0.1) is 20.7 Å². The molecule has 5 nitrogen and oxygen atoms in total. The van der Waals surface area contributed by atoms with E-state index in [1.54, 1.807) is 0 Å². The molecule has 19 heavy (non-hydrogen) atoms. The van der Waals surface area contributed by atoms with Crippen LogP contribution in [0.2, 0.25) is 10.0 Å². The molecule has 0 radical (unpaired) electrons. The van der Waals surface area contributed by atoms with Gasteiger partial charge in [0.1, 0.15) is 0 Å². The smallest absolute Gasteiger partial charge is 0.272 e. The number of likely N-dealkylation sites (tertiary alicyclic amines) is 1. The summed E-state index contributed by atoms with van der Waals surface area (Å²) in [7, 11) is 2.08. The number of nitrogens with one attached hydrogen (secondary N) is 1. The summed E-state index contributed by atoms with van der Waals surface area (Å²) < 4.78 is 0. The van der Waals surface area contributed by atoms with Gasteiger partial charge in [0.2, 0.25) is 0 Å². The molecule has 2 rings (SSSR count). The number of non-ortho nitro benzene ring substituents is 1. The van der Waals surface area contributed by atoms with Gasteiger partial charge in [-0.05, 0) is 26.4 Å². The van der Waals surface area contributed by atoms with Crippen LogP contribution >= 0.6 is 23.2 Å². The Bertz CT molecular complexity index is 473. The van der Waals surface area contributed by atoms with Crippen molar-refractivity contribution in [1.29, 1.82) is 0 Å². The number of hydrogen-bond donors (Lipinski definition) is 1. The first-order chi connectivity index (χ1) is 8.99. The Morgan fingerprint density at radius 2 is 2.11 bits per heavy atom. The van der Waals surface area contributed by atoms with Gasteiger partial charge >= 0.3 is 0 Å². The summed E-state index contributed by atoms with van der Waals surface area (Å²) in [5.74, 6) is 0. The van der Waals surface area contributed by atoms with Crippen LogP contribution in [-0.4, -0.2) is 36.0 Å². The van der Waals surface area contributed by atoms with E-state index < -0.39 is 4.92 Å². The molecule has 1 aliphatic rings. The van der Waals surface area contributed by atoms with Crippen LogP contribution in [0.1, 0.15) is 12.8 Å². The summed E-state index contributed by atoms with van der Waals surface area (Å²) in [5.41, 5.74) is 0.466. The Kier molecular flexibility index (Phi) is 4.50. The third kappa shape index (κ3) is 3.29. The van der Waals surface area contributed by atoms with Crippen molar-refractivity contribution in [2.45, 2.75) is 18.9 Å². The molecule has 1 heterocycles. The molecule has 0 spiro atoms. The molecule has 1 fully saturated rings. The third-order valence-electron chi connectivity index (χ3n) is 3.42. The van der Waals surface area contributed by atoms with E-state index in [2.05, 4.69) is 17.3 Å². The van der Waals surface area contributed by atoms with Crippen molar-refractivity contribution in [3.8, 4) is 0 Å². The van der Waals surface area contributed by atoms with Crippen molar-refractivity contribution in [2.24, 2.45) is 0 Å². The number of anilines is 1. The summed E-state index contributed by atoms with van der Waals surface area (Å²) in [5, 5.41) is 14.4. The Morgan fingerprint density at radius 3 is 2.58 bits per heavy atom. The molecular weight excluding hydrogens is 289 g/mol. The van der Waals surface area contributed by atoms with Crippen LogP contribution in [0.25, 0.3) is 0 Å². The van der Waals surface area contributed by atoms with E-state index in [4.69, 9.17) is 23.2 Å². The van der Waals surface area contributed by atoms with E-state index in [1.807, 2.05) is 0 Å². The minimum absolute atomic E-state index is 0.0986. The SMILES string of the molecule is CN1CCCC1CNc1c(Cl)cc([N+](=O)[O-])cc1Cl. The minimum Gasteiger partial charge on any atom is -0.381 e. The highest BCUT2D eigenvalue weighted by molar-refractivity contribution is 6.39. The Labute approximate surface area is 121 Å². The Hall–Kier alpha value is -1.04. The predicted octanol–water partition coefficient (Wildman–Crippen LogP) is 3.41. The molecule has 1 atom stereocenters. The highest BCUT2D eigenvalue weighted by Gasteiger charge is 2.21. The van der Waals surface area contributed by atoms with Crippen LogP contribution in [0.4, 0.5) is 11.4 Å². The lowest BCUT2D eigenvalue weighted by Crippen LogP contribution is -2.31. The van der Waals surface area contributed by atoms with Crippen LogP contribution in [0.5, 0.6) is 0 Å². The molecule has 1 aliphatic heterocycles. The molecule has 7 heteroatoms. The maximum Gasteiger partial charge on any atom is 0.272 e. The molecule has 1 aromatic carbocycles. The number of nitro groups is 1. The van der Waals surface area contributed by atoms with Gasteiger partial charge in [-0.2, -0.15) is 0 Å². The fourth-order valence-electron chi connectivity index (χ4n) is 2.29. The zero-order valence-corrected chi connectivity index (χ0v) is 12.0. The molecule has 0 amide bonds. The molecule has 104 valence electrons. The number of nitro benzene ring substituents is 1. The zero-order valence-electron chi connectivity index (χ0n) is 10.5. The molecule has 0 aromatic heterocycles. The summed E-state index contributed by atoms with van der Waals surface area (Å²) in [4.78, 5) is 12.5. The van der Waals surface area contributed by atoms with Crippen molar-refractivity contribution in [3.63, 3.8) is 0 Å². The van der Waals surface area contributed by atoms with Crippen LogP contribution in [-0.2, 0) is 0 Å². The molecule has 1 N–H and O–H groups in total. The second kappa shape index (κ2) is 5.94. The molecule has 0 bridgehead atoms. The number of hydrogen-bond acceptors (Lipinski definition) is 4. The van der Waals surface area contributed by atoms with Crippen LogP contribution < -0.4 is 5.32 Å². The molecular formula is C12H15Cl2N3O2. The maximum atomic E-state index is 10.7. The van der Waals surface area contributed by atoms with E-state index in [0.29, 0.717) is 11.7 Å². The monoisotopic (exact) mass is 303 g/mol. The number of likely N-dealkylation sites (N-methyl/N-ethyl adjacent to an activating group) is 1. The molecule has 1 unspecified atom stereocenters. The van der Waals surface area contributed by atoms with E-state index in [-0.39, 0.29) is 15.7 Å². The summed E-state index contributed by atoms with van der Waals surface area (Å²) in [6.07, 6.45) is 2.32. The van der Waals surface area contributed by atoms with Crippen molar-refractivity contribution >= 4 is 34.6 Å². The lowest BCUT2D eigenvalue weighted by Gasteiger charge is -2.21. The number of benzene rings is 1. The highest BCUT2D eigenvalue weighted by Crippen LogP contribution is 2.34. The van der Waals surface area contributed by atoms with Gasteiger partial charge < -0.3 is 10.2 Å². The standard InChI is InChI=1S/C12H15Cl2N3O2/c1-16-4-2-3-8(16)7-15-12-10(13)5-9(17(18)19)6-11(12)14/h5-6,8,15H,2-4,7H2,1H3. The second-order valence-electron chi connectivity index (χ2n) is 4.70. The quantitative estimate of drug-likeness (QED) is 0.684. The number of halogens is 2. The van der Waals surface area contributed by atoms with E-state index >= 15 is 0 Å². The molecule has 0 aliphatic carbocycles. The van der Waals surface area contributed by atoms with Gasteiger partial charge in [-0.3, -0.25) is 10.1 Å².